The first-order valence-corrected chi connectivity index (χ1v) is 4.07. The highest BCUT2D eigenvalue weighted by atomic mass is 19.4. The zero-order valence-corrected chi connectivity index (χ0v) is 7.93. The second kappa shape index (κ2) is 3.89. The van der Waals surface area contributed by atoms with Gasteiger partial charge in [0.05, 0.1) is 13.5 Å². The van der Waals surface area contributed by atoms with Gasteiger partial charge in [-0.3, -0.25) is 4.68 Å². The van der Waals surface area contributed by atoms with Crippen LogP contribution >= 0.6 is 0 Å². The van der Waals surface area contributed by atoms with Gasteiger partial charge in [0.1, 0.15) is 0 Å². The number of nitrogens with zero attached hydrogens (tertiary/aromatic N) is 2. The minimum Gasteiger partial charge on any atom is -0.480 e. The molecule has 0 fully saturated rings. The lowest BCUT2D eigenvalue weighted by Gasteiger charge is -2.05. The first kappa shape index (κ1) is 10.9. The number of ether oxygens (including phenoxy) is 1. The number of methoxy groups -OCH3 is 1. The summed E-state index contributed by atoms with van der Waals surface area (Å²) in [7, 11) is 1.43. The zero-order chi connectivity index (χ0) is 10.8. The first-order chi connectivity index (χ1) is 6.42. The van der Waals surface area contributed by atoms with E-state index in [1.807, 2.05) is 0 Å². The number of aromatic nitrogens is 2. The van der Waals surface area contributed by atoms with Gasteiger partial charge in [-0.2, -0.15) is 13.2 Å². The maximum Gasteiger partial charge on any atom is 0.390 e. The van der Waals surface area contributed by atoms with E-state index in [2.05, 4.69) is 5.10 Å². The van der Waals surface area contributed by atoms with Crippen molar-refractivity contribution < 1.29 is 17.9 Å². The summed E-state index contributed by atoms with van der Waals surface area (Å²) in [5.41, 5.74) is 0.731. The summed E-state index contributed by atoms with van der Waals surface area (Å²) >= 11 is 0. The van der Waals surface area contributed by atoms with Gasteiger partial charge < -0.3 is 4.74 Å². The van der Waals surface area contributed by atoms with Gasteiger partial charge in [0.15, 0.2) is 0 Å². The van der Waals surface area contributed by atoms with Gasteiger partial charge in [-0.05, 0) is 6.92 Å². The molecule has 0 bridgehead atoms. The molecule has 0 spiro atoms. The predicted molar refractivity (Wildman–Crippen MR) is 44.2 cm³/mol. The van der Waals surface area contributed by atoms with Crippen LogP contribution in [0.5, 0.6) is 5.88 Å². The smallest absolute Gasteiger partial charge is 0.390 e. The normalized spacial score (nSPS) is 11.8. The van der Waals surface area contributed by atoms with E-state index in [-0.39, 0.29) is 6.54 Å². The van der Waals surface area contributed by atoms with Gasteiger partial charge in [0.25, 0.3) is 0 Å². The van der Waals surface area contributed by atoms with Crippen molar-refractivity contribution >= 4 is 0 Å². The summed E-state index contributed by atoms with van der Waals surface area (Å²) in [6, 6.07) is 0. The van der Waals surface area contributed by atoms with Crippen LogP contribution in [0.15, 0.2) is 6.20 Å². The van der Waals surface area contributed by atoms with Crippen LogP contribution in [-0.2, 0) is 6.54 Å². The molecular formula is C8H11F3N2O. The number of aryl methyl sites for hydroxylation is 2. The summed E-state index contributed by atoms with van der Waals surface area (Å²) in [5, 5.41) is 3.83. The van der Waals surface area contributed by atoms with E-state index in [1.54, 1.807) is 6.92 Å². The third-order valence-electron chi connectivity index (χ3n) is 1.72. The Kier molecular flexibility index (Phi) is 3.03. The molecule has 0 aliphatic carbocycles. The Hall–Kier alpha value is -1.20. The molecule has 0 unspecified atom stereocenters. The van der Waals surface area contributed by atoms with Crippen molar-refractivity contribution in [3.05, 3.63) is 11.8 Å². The molecular weight excluding hydrogens is 197 g/mol. The van der Waals surface area contributed by atoms with Crippen LogP contribution in [0.25, 0.3) is 0 Å². The molecule has 1 heterocycles. The van der Waals surface area contributed by atoms with Gasteiger partial charge in [0, 0.05) is 18.3 Å². The monoisotopic (exact) mass is 208 g/mol. The maximum absolute atomic E-state index is 11.9. The SMILES string of the molecule is COc1nn(CCC(F)(F)F)cc1C. The van der Waals surface area contributed by atoms with E-state index in [0.717, 1.165) is 5.56 Å². The first-order valence-electron chi connectivity index (χ1n) is 4.07. The molecule has 6 heteroatoms. The number of hydrogen-bond acceptors (Lipinski definition) is 2. The molecule has 14 heavy (non-hydrogen) atoms. The molecule has 0 N–H and O–H groups in total. The van der Waals surface area contributed by atoms with E-state index in [0.29, 0.717) is 5.88 Å². The van der Waals surface area contributed by atoms with Crippen LogP contribution in [0.4, 0.5) is 13.2 Å². The van der Waals surface area contributed by atoms with Gasteiger partial charge in [-0.15, -0.1) is 5.10 Å². The average Bonchev–Trinajstić information content (AvgIpc) is 2.42. The molecule has 0 saturated heterocycles. The highest BCUT2D eigenvalue weighted by Gasteiger charge is 2.26. The van der Waals surface area contributed by atoms with Crippen molar-refractivity contribution in [2.24, 2.45) is 0 Å². The number of halogens is 3. The minimum atomic E-state index is -4.15. The highest BCUT2D eigenvalue weighted by Crippen LogP contribution is 2.21. The lowest BCUT2D eigenvalue weighted by Crippen LogP contribution is -2.12. The summed E-state index contributed by atoms with van der Waals surface area (Å²) in [6.45, 7) is 1.56. The van der Waals surface area contributed by atoms with Crippen LogP contribution < -0.4 is 4.74 Å². The predicted octanol–water partition coefficient (Wildman–Crippen LogP) is 2.15. The van der Waals surface area contributed by atoms with Crippen molar-refractivity contribution in [1.82, 2.24) is 9.78 Å². The molecule has 0 radical (unpaired) electrons. The van der Waals surface area contributed by atoms with Crippen molar-refractivity contribution in [1.29, 1.82) is 0 Å². The molecule has 0 amide bonds. The fourth-order valence-corrected chi connectivity index (χ4v) is 1.06. The third-order valence-corrected chi connectivity index (χ3v) is 1.72. The quantitative estimate of drug-likeness (QED) is 0.761. The van der Waals surface area contributed by atoms with Crippen LogP contribution in [0.2, 0.25) is 0 Å². The van der Waals surface area contributed by atoms with Crippen molar-refractivity contribution in [3.8, 4) is 5.88 Å². The molecule has 1 rings (SSSR count). The summed E-state index contributed by atoms with van der Waals surface area (Å²) < 4.78 is 41.7. The van der Waals surface area contributed by atoms with E-state index < -0.39 is 12.6 Å². The molecule has 0 atom stereocenters. The second-order valence-electron chi connectivity index (χ2n) is 2.95. The van der Waals surface area contributed by atoms with Crippen molar-refractivity contribution in [2.45, 2.75) is 26.1 Å². The standard InChI is InChI=1S/C8H11F3N2O/c1-6-5-13(12-7(6)14-2)4-3-8(9,10)11/h5H,3-4H2,1-2H3. The van der Waals surface area contributed by atoms with Crippen molar-refractivity contribution in [2.75, 3.05) is 7.11 Å². The largest absolute Gasteiger partial charge is 0.480 e. The molecule has 0 saturated carbocycles. The van der Waals surface area contributed by atoms with Gasteiger partial charge in [0.2, 0.25) is 5.88 Å². The van der Waals surface area contributed by atoms with E-state index in [1.165, 1.54) is 18.0 Å². The van der Waals surface area contributed by atoms with Gasteiger partial charge in [-0.1, -0.05) is 0 Å². The molecule has 0 aliphatic heterocycles. The molecule has 1 aromatic rings. The third kappa shape index (κ3) is 2.93. The summed E-state index contributed by atoms with van der Waals surface area (Å²) in [4.78, 5) is 0. The Morgan fingerprint density at radius 1 is 1.50 bits per heavy atom. The van der Waals surface area contributed by atoms with Crippen LogP contribution in [0.3, 0.4) is 0 Å². The van der Waals surface area contributed by atoms with Gasteiger partial charge >= 0.3 is 6.18 Å². The van der Waals surface area contributed by atoms with E-state index in [9.17, 15) is 13.2 Å². The average molecular weight is 208 g/mol. The Morgan fingerprint density at radius 2 is 2.14 bits per heavy atom. The van der Waals surface area contributed by atoms with Crippen LogP contribution in [0, 0.1) is 6.92 Å². The Morgan fingerprint density at radius 3 is 2.57 bits per heavy atom. The lowest BCUT2D eigenvalue weighted by molar-refractivity contribution is -0.137. The Balaban J connectivity index is 2.60. The number of alkyl halides is 3. The number of rotatable bonds is 3. The molecule has 0 aliphatic rings. The van der Waals surface area contributed by atoms with E-state index >= 15 is 0 Å². The molecule has 3 nitrogen and oxygen atoms in total. The fourth-order valence-electron chi connectivity index (χ4n) is 1.06. The maximum atomic E-state index is 11.9. The summed E-state index contributed by atoms with van der Waals surface area (Å²) in [5.74, 6) is 0.368. The second-order valence-corrected chi connectivity index (χ2v) is 2.95. The van der Waals surface area contributed by atoms with Gasteiger partial charge in [-0.25, -0.2) is 0 Å². The Bertz CT molecular complexity index is 306. The van der Waals surface area contributed by atoms with Crippen LogP contribution in [0.1, 0.15) is 12.0 Å². The molecule has 80 valence electrons. The molecule has 1 aromatic heterocycles. The number of hydrogen-bond donors (Lipinski definition) is 0. The van der Waals surface area contributed by atoms with Crippen LogP contribution in [-0.4, -0.2) is 23.1 Å². The zero-order valence-electron chi connectivity index (χ0n) is 7.93. The lowest BCUT2D eigenvalue weighted by atomic mass is 10.4. The molecule has 0 aromatic carbocycles. The minimum absolute atomic E-state index is 0.173. The Labute approximate surface area is 79.5 Å². The van der Waals surface area contributed by atoms with Crippen molar-refractivity contribution in [3.63, 3.8) is 0 Å². The highest BCUT2D eigenvalue weighted by molar-refractivity contribution is 5.20. The topological polar surface area (TPSA) is 27.1 Å². The fraction of sp³-hybridized carbons (Fsp3) is 0.625. The summed E-state index contributed by atoms with van der Waals surface area (Å²) in [6.07, 6.45) is -3.49. The van der Waals surface area contributed by atoms with E-state index in [4.69, 9.17) is 4.74 Å².